The zero-order valence-electron chi connectivity index (χ0n) is 9.59. The lowest BCUT2D eigenvalue weighted by atomic mass is 10.1. The van der Waals surface area contributed by atoms with Crippen LogP contribution in [0.5, 0.6) is 0 Å². The molecule has 88 valence electrons. The first-order valence-electron chi connectivity index (χ1n) is 5.78. The highest BCUT2D eigenvalue weighted by Gasteiger charge is 2.20. The van der Waals surface area contributed by atoms with Crippen molar-refractivity contribution < 1.29 is 0 Å². The van der Waals surface area contributed by atoms with Crippen LogP contribution in [0, 0.1) is 0 Å². The van der Waals surface area contributed by atoms with Crippen LogP contribution in [0.1, 0.15) is 19.8 Å². The molecule has 1 aliphatic heterocycles. The molecular weight excluding hydrogens is 204 g/mol. The quantitative estimate of drug-likeness (QED) is 0.776. The zero-order chi connectivity index (χ0) is 11.5. The minimum absolute atomic E-state index is 0.0147. The van der Waals surface area contributed by atoms with Gasteiger partial charge in [-0.3, -0.25) is 4.79 Å². The molecule has 1 saturated heterocycles. The molecule has 0 spiro atoms. The summed E-state index contributed by atoms with van der Waals surface area (Å²) in [6, 6.07) is 0.158. The first kappa shape index (κ1) is 11.1. The number of hydrogen-bond acceptors (Lipinski definition) is 4. The molecule has 0 saturated carbocycles. The van der Waals surface area contributed by atoms with Crippen LogP contribution in [0.2, 0.25) is 0 Å². The van der Waals surface area contributed by atoms with Gasteiger partial charge in [0.2, 0.25) is 0 Å². The second-order valence-electron chi connectivity index (χ2n) is 4.19. The number of aryl methyl sites for hydroxylation is 1. The van der Waals surface area contributed by atoms with Crippen LogP contribution >= 0.6 is 0 Å². The van der Waals surface area contributed by atoms with Crippen molar-refractivity contribution in [2.75, 3.05) is 18.0 Å². The van der Waals surface area contributed by atoms with E-state index in [1.807, 2.05) is 11.8 Å². The van der Waals surface area contributed by atoms with Crippen molar-refractivity contribution >= 4 is 5.82 Å². The van der Waals surface area contributed by atoms with E-state index in [4.69, 9.17) is 5.73 Å². The van der Waals surface area contributed by atoms with Gasteiger partial charge in [-0.1, -0.05) is 0 Å². The van der Waals surface area contributed by atoms with Crippen molar-refractivity contribution in [3.05, 3.63) is 22.7 Å². The fraction of sp³-hybridized carbons (Fsp3) is 0.636. The fourth-order valence-corrected chi connectivity index (χ4v) is 2.10. The van der Waals surface area contributed by atoms with Gasteiger partial charge in [0.25, 0.3) is 5.56 Å². The molecule has 16 heavy (non-hydrogen) atoms. The second kappa shape index (κ2) is 4.65. The van der Waals surface area contributed by atoms with Crippen LogP contribution in [0.15, 0.2) is 17.2 Å². The van der Waals surface area contributed by atoms with Crippen molar-refractivity contribution in [1.82, 2.24) is 9.55 Å². The van der Waals surface area contributed by atoms with E-state index in [2.05, 4.69) is 4.98 Å². The van der Waals surface area contributed by atoms with Crippen LogP contribution in [-0.2, 0) is 6.54 Å². The summed E-state index contributed by atoms with van der Waals surface area (Å²) >= 11 is 0. The van der Waals surface area contributed by atoms with Crippen LogP contribution in [0.25, 0.3) is 0 Å². The topological polar surface area (TPSA) is 64.2 Å². The van der Waals surface area contributed by atoms with Crippen molar-refractivity contribution in [1.29, 1.82) is 0 Å². The smallest absolute Gasteiger partial charge is 0.293 e. The average Bonchev–Trinajstić information content (AvgIpc) is 2.29. The lowest BCUT2D eigenvalue weighted by molar-refractivity contribution is 0.500. The van der Waals surface area contributed by atoms with Gasteiger partial charge in [-0.2, -0.15) is 0 Å². The standard InChI is InChI=1S/C11H18N4O/c1-2-14-7-5-13-10(11(14)16)15-6-3-4-9(12)8-15/h5,7,9H,2-4,6,8,12H2,1H3/t9-/m1/s1. The number of aromatic nitrogens is 2. The number of hydrogen-bond donors (Lipinski definition) is 1. The molecule has 5 heteroatoms. The molecule has 0 amide bonds. The van der Waals surface area contributed by atoms with Gasteiger partial charge >= 0.3 is 0 Å². The van der Waals surface area contributed by atoms with Gasteiger partial charge in [0, 0.05) is 38.1 Å². The SMILES string of the molecule is CCn1ccnc(N2CCC[C@@H](N)C2)c1=O. The summed E-state index contributed by atoms with van der Waals surface area (Å²) in [7, 11) is 0. The maximum atomic E-state index is 12.0. The largest absolute Gasteiger partial charge is 0.350 e. The highest BCUT2D eigenvalue weighted by atomic mass is 16.1. The summed E-state index contributed by atoms with van der Waals surface area (Å²) in [4.78, 5) is 18.2. The van der Waals surface area contributed by atoms with Gasteiger partial charge in [0.1, 0.15) is 0 Å². The molecule has 1 aromatic rings. The van der Waals surface area contributed by atoms with Gasteiger partial charge in [-0.05, 0) is 19.8 Å². The van der Waals surface area contributed by atoms with Crippen LogP contribution in [0.3, 0.4) is 0 Å². The Bertz CT molecular complexity index is 415. The predicted molar refractivity (Wildman–Crippen MR) is 63.6 cm³/mol. The van der Waals surface area contributed by atoms with Crippen molar-refractivity contribution in [2.24, 2.45) is 5.73 Å². The Kier molecular flexibility index (Phi) is 3.24. The van der Waals surface area contributed by atoms with Crippen molar-refractivity contribution in [3.63, 3.8) is 0 Å². The molecule has 2 heterocycles. The lowest BCUT2D eigenvalue weighted by Crippen LogP contribution is -2.45. The van der Waals surface area contributed by atoms with E-state index in [1.165, 1.54) is 0 Å². The van der Waals surface area contributed by atoms with Gasteiger partial charge in [0.05, 0.1) is 0 Å². The maximum absolute atomic E-state index is 12.0. The van der Waals surface area contributed by atoms with E-state index < -0.39 is 0 Å². The third-order valence-electron chi connectivity index (χ3n) is 2.99. The molecule has 1 aromatic heterocycles. The van der Waals surface area contributed by atoms with E-state index in [-0.39, 0.29) is 11.6 Å². The molecule has 2 N–H and O–H groups in total. The van der Waals surface area contributed by atoms with E-state index in [0.29, 0.717) is 12.4 Å². The van der Waals surface area contributed by atoms with Crippen molar-refractivity contribution in [2.45, 2.75) is 32.4 Å². The van der Waals surface area contributed by atoms with Crippen molar-refractivity contribution in [3.8, 4) is 0 Å². The molecule has 2 rings (SSSR count). The minimum atomic E-state index is -0.0147. The van der Waals surface area contributed by atoms with Crippen LogP contribution in [0.4, 0.5) is 5.82 Å². The zero-order valence-corrected chi connectivity index (χ0v) is 9.59. The summed E-state index contributed by atoms with van der Waals surface area (Å²) in [5, 5.41) is 0. The Hall–Kier alpha value is -1.36. The summed E-state index contributed by atoms with van der Waals surface area (Å²) in [5.74, 6) is 0.541. The van der Waals surface area contributed by atoms with E-state index in [0.717, 1.165) is 25.9 Å². The molecule has 0 bridgehead atoms. The number of anilines is 1. The van der Waals surface area contributed by atoms with E-state index in [1.54, 1.807) is 17.0 Å². The summed E-state index contributed by atoms with van der Waals surface area (Å²) < 4.78 is 1.67. The molecule has 1 fully saturated rings. The Morgan fingerprint density at radius 3 is 3.12 bits per heavy atom. The maximum Gasteiger partial charge on any atom is 0.293 e. The average molecular weight is 222 g/mol. The van der Waals surface area contributed by atoms with Gasteiger partial charge in [-0.25, -0.2) is 4.98 Å². The Morgan fingerprint density at radius 2 is 2.44 bits per heavy atom. The first-order valence-corrected chi connectivity index (χ1v) is 5.78. The summed E-state index contributed by atoms with van der Waals surface area (Å²) in [6.45, 7) is 4.24. The highest BCUT2D eigenvalue weighted by molar-refractivity contribution is 5.36. The Balaban J connectivity index is 2.29. The molecule has 0 radical (unpaired) electrons. The summed E-state index contributed by atoms with van der Waals surface area (Å²) in [6.07, 6.45) is 5.46. The molecule has 0 aromatic carbocycles. The molecule has 0 aliphatic carbocycles. The molecule has 5 nitrogen and oxygen atoms in total. The second-order valence-corrected chi connectivity index (χ2v) is 4.19. The molecule has 0 unspecified atom stereocenters. The van der Waals surface area contributed by atoms with Crippen LogP contribution in [-0.4, -0.2) is 28.7 Å². The normalized spacial score (nSPS) is 21.1. The van der Waals surface area contributed by atoms with Gasteiger partial charge < -0.3 is 15.2 Å². The van der Waals surface area contributed by atoms with E-state index >= 15 is 0 Å². The Labute approximate surface area is 94.9 Å². The fourth-order valence-electron chi connectivity index (χ4n) is 2.10. The van der Waals surface area contributed by atoms with Gasteiger partial charge in [0.15, 0.2) is 5.82 Å². The van der Waals surface area contributed by atoms with Gasteiger partial charge in [-0.15, -0.1) is 0 Å². The summed E-state index contributed by atoms with van der Waals surface area (Å²) in [5.41, 5.74) is 5.89. The molecule has 1 atom stereocenters. The lowest BCUT2D eigenvalue weighted by Gasteiger charge is -2.31. The van der Waals surface area contributed by atoms with Crippen LogP contribution < -0.4 is 16.2 Å². The predicted octanol–water partition coefficient (Wildman–Crippen LogP) is 0.191. The number of nitrogens with two attached hydrogens (primary N) is 1. The Morgan fingerprint density at radius 1 is 1.62 bits per heavy atom. The van der Waals surface area contributed by atoms with E-state index in [9.17, 15) is 4.79 Å². The number of piperidine rings is 1. The molecule has 1 aliphatic rings. The first-order chi connectivity index (χ1) is 7.72. The third-order valence-corrected chi connectivity index (χ3v) is 2.99. The highest BCUT2D eigenvalue weighted by Crippen LogP contribution is 2.12. The number of nitrogens with zero attached hydrogens (tertiary/aromatic N) is 3. The monoisotopic (exact) mass is 222 g/mol. The third kappa shape index (κ3) is 2.09. The number of rotatable bonds is 2. The molecular formula is C11H18N4O. The minimum Gasteiger partial charge on any atom is -0.350 e.